The Balaban J connectivity index is 1.35. The van der Waals surface area contributed by atoms with Crippen LogP contribution in [0.4, 0.5) is 4.79 Å². The topological polar surface area (TPSA) is 82.2 Å². The van der Waals surface area contributed by atoms with Crippen LogP contribution >= 0.6 is 0 Å². The number of nitrogens with zero attached hydrogens (tertiary/aromatic N) is 3. The molecule has 3 aliphatic rings. The highest BCUT2D eigenvalue weighted by Crippen LogP contribution is 2.32. The summed E-state index contributed by atoms with van der Waals surface area (Å²) in [5.74, 6) is 0.663. The molecule has 168 valence electrons. The number of rotatable bonds is 6. The molecule has 0 aliphatic carbocycles. The summed E-state index contributed by atoms with van der Waals surface area (Å²) in [5.41, 5.74) is 0.156. The lowest BCUT2D eigenvalue weighted by atomic mass is 9.87. The maximum absolute atomic E-state index is 13.3. The molecule has 1 spiro atoms. The summed E-state index contributed by atoms with van der Waals surface area (Å²) in [4.78, 5) is 44.3. The smallest absolute Gasteiger partial charge is 0.325 e. The van der Waals surface area contributed by atoms with Gasteiger partial charge in [-0.25, -0.2) is 4.79 Å². The number of likely N-dealkylation sites (tertiary alicyclic amines) is 2. The van der Waals surface area contributed by atoms with E-state index in [1.54, 1.807) is 12.0 Å². The zero-order valence-electron chi connectivity index (χ0n) is 18.4. The quantitative estimate of drug-likeness (QED) is 0.697. The second-order valence-corrected chi connectivity index (χ2v) is 8.84. The van der Waals surface area contributed by atoms with E-state index < -0.39 is 5.54 Å². The van der Waals surface area contributed by atoms with Gasteiger partial charge in [-0.2, -0.15) is 0 Å². The van der Waals surface area contributed by atoms with Gasteiger partial charge in [0.1, 0.15) is 11.3 Å². The van der Waals surface area contributed by atoms with Crippen molar-refractivity contribution in [3.63, 3.8) is 0 Å². The number of hydrogen-bond acceptors (Lipinski definition) is 5. The molecule has 1 unspecified atom stereocenters. The van der Waals surface area contributed by atoms with Crippen molar-refractivity contribution >= 4 is 17.8 Å². The summed E-state index contributed by atoms with van der Waals surface area (Å²) in [6, 6.07) is 6.90. The van der Waals surface area contributed by atoms with Gasteiger partial charge in [-0.1, -0.05) is 19.1 Å². The van der Waals surface area contributed by atoms with Gasteiger partial charge in [0.15, 0.2) is 0 Å². The molecule has 1 aromatic carbocycles. The fourth-order valence-electron chi connectivity index (χ4n) is 5.00. The van der Waals surface area contributed by atoms with Crippen LogP contribution in [-0.4, -0.2) is 84.0 Å². The zero-order chi connectivity index (χ0) is 22.0. The van der Waals surface area contributed by atoms with E-state index in [1.165, 1.54) is 4.90 Å². The van der Waals surface area contributed by atoms with Crippen LogP contribution in [0, 0.1) is 0 Å². The molecular weight excluding hydrogens is 396 g/mol. The Morgan fingerprint density at radius 3 is 2.52 bits per heavy atom. The van der Waals surface area contributed by atoms with Crippen molar-refractivity contribution in [1.29, 1.82) is 0 Å². The predicted octanol–water partition coefficient (Wildman–Crippen LogP) is 1.63. The lowest BCUT2D eigenvalue weighted by molar-refractivity contribution is -0.135. The number of amides is 4. The van der Waals surface area contributed by atoms with Gasteiger partial charge < -0.3 is 19.9 Å². The number of imide groups is 1. The zero-order valence-corrected chi connectivity index (χ0v) is 18.4. The molecule has 4 amide bonds. The number of carbonyl (C=O) groups excluding carboxylic acids is 3. The SMILES string of the molecule is CCCN1CCC2(CC1)NC(=O)N(C1CCN(C(=O)Cc3ccc(OC)cc3)C1)C2=O. The predicted molar refractivity (Wildman–Crippen MR) is 116 cm³/mol. The molecular formula is C23H32N4O4. The highest BCUT2D eigenvalue weighted by atomic mass is 16.5. The first-order chi connectivity index (χ1) is 15.0. The van der Waals surface area contributed by atoms with Crippen molar-refractivity contribution in [3.05, 3.63) is 29.8 Å². The summed E-state index contributed by atoms with van der Waals surface area (Å²) in [5, 5.41) is 3.00. The van der Waals surface area contributed by atoms with Gasteiger partial charge in [0, 0.05) is 26.2 Å². The molecule has 3 saturated heterocycles. The normalized spacial score (nSPS) is 23.5. The van der Waals surface area contributed by atoms with Crippen LogP contribution in [0.25, 0.3) is 0 Å². The van der Waals surface area contributed by atoms with Crippen LogP contribution in [0.5, 0.6) is 5.75 Å². The Kier molecular flexibility index (Phi) is 6.18. The van der Waals surface area contributed by atoms with Crippen molar-refractivity contribution in [1.82, 2.24) is 20.0 Å². The molecule has 4 rings (SSSR count). The van der Waals surface area contributed by atoms with E-state index in [1.807, 2.05) is 24.3 Å². The maximum Gasteiger partial charge on any atom is 0.325 e. The van der Waals surface area contributed by atoms with E-state index in [4.69, 9.17) is 4.74 Å². The lowest BCUT2D eigenvalue weighted by Gasteiger charge is -2.37. The molecule has 0 bridgehead atoms. The maximum atomic E-state index is 13.3. The van der Waals surface area contributed by atoms with Crippen LogP contribution in [0.3, 0.4) is 0 Å². The van der Waals surface area contributed by atoms with Gasteiger partial charge in [-0.15, -0.1) is 0 Å². The van der Waals surface area contributed by atoms with E-state index in [9.17, 15) is 14.4 Å². The van der Waals surface area contributed by atoms with E-state index in [-0.39, 0.29) is 23.9 Å². The van der Waals surface area contributed by atoms with Crippen LogP contribution in [0.15, 0.2) is 24.3 Å². The largest absolute Gasteiger partial charge is 0.497 e. The van der Waals surface area contributed by atoms with Crippen molar-refractivity contribution in [3.8, 4) is 5.75 Å². The number of piperidine rings is 1. The molecule has 0 radical (unpaired) electrons. The van der Waals surface area contributed by atoms with Gasteiger partial charge in [0.05, 0.1) is 19.6 Å². The fourth-order valence-corrected chi connectivity index (χ4v) is 5.00. The molecule has 1 aromatic rings. The summed E-state index contributed by atoms with van der Waals surface area (Å²) in [6.07, 6.45) is 3.32. The average Bonchev–Trinajstić information content (AvgIpc) is 3.34. The van der Waals surface area contributed by atoms with Gasteiger partial charge in [-0.3, -0.25) is 14.5 Å². The molecule has 8 heteroatoms. The first kappa shape index (κ1) is 21.6. The van der Waals surface area contributed by atoms with Crippen LogP contribution in [0.1, 0.15) is 38.2 Å². The Morgan fingerprint density at radius 2 is 1.87 bits per heavy atom. The number of hydrogen-bond donors (Lipinski definition) is 1. The Labute approximate surface area is 183 Å². The van der Waals surface area contributed by atoms with E-state index in [2.05, 4.69) is 17.1 Å². The van der Waals surface area contributed by atoms with E-state index in [0.717, 1.165) is 37.4 Å². The Bertz CT molecular complexity index is 832. The Morgan fingerprint density at radius 1 is 1.16 bits per heavy atom. The number of nitrogens with one attached hydrogen (secondary N) is 1. The van der Waals surface area contributed by atoms with Crippen molar-refractivity contribution in [2.75, 3.05) is 39.8 Å². The molecule has 31 heavy (non-hydrogen) atoms. The second-order valence-electron chi connectivity index (χ2n) is 8.84. The first-order valence-corrected chi connectivity index (χ1v) is 11.2. The van der Waals surface area contributed by atoms with Crippen molar-refractivity contribution < 1.29 is 19.1 Å². The van der Waals surface area contributed by atoms with E-state index >= 15 is 0 Å². The Hall–Kier alpha value is -2.61. The number of ether oxygens (including phenoxy) is 1. The van der Waals surface area contributed by atoms with E-state index in [0.29, 0.717) is 38.8 Å². The van der Waals surface area contributed by atoms with Gasteiger partial charge >= 0.3 is 6.03 Å². The van der Waals surface area contributed by atoms with Crippen LogP contribution < -0.4 is 10.1 Å². The lowest BCUT2D eigenvalue weighted by Crippen LogP contribution is -2.55. The molecule has 3 heterocycles. The summed E-state index contributed by atoms with van der Waals surface area (Å²) in [7, 11) is 1.61. The first-order valence-electron chi connectivity index (χ1n) is 11.2. The van der Waals surface area contributed by atoms with Crippen LogP contribution in [-0.2, 0) is 16.0 Å². The highest BCUT2D eigenvalue weighted by molar-refractivity contribution is 6.07. The monoisotopic (exact) mass is 428 g/mol. The molecule has 1 N–H and O–H groups in total. The molecule has 3 aliphatic heterocycles. The van der Waals surface area contributed by atoms with Gasteiger partial charge in [-0.05, 0) is 49.9 Å². The molecule has 0 saturated carbocycles. The number of methoxy groups -OCH3 is 1. The number of benzene rings is 1. The third-order valence-electron chi connectivity index (χ3n) is 6.84. The van der Waals surface area contributed by atoms with Crippen LogP contribution in [0.2, 0.25) is 0 Å². The minimum absolute atomic E-state index is 0.0160. The molecule has 8 nitrogen and oxygen atoms in total. The van der Waals surface area contributed by atoms with Gasteiger partial charge in [0.2, 0.25) is 5.91 Å². The van der Waals surface area contributed by atoms with Crippen molar-refractivity contribution in [2.24, 2.45) is 0 Å². The minimum atomic E-state index is -0.762. The third-order valence-corrected chi connectivity index (χ3v) is 6.84. The summed E-state index contributed by atoms with van der Waals surface area (Å²) < 4.78 is 5.16. The molecule has 0 aromatic heterocycles. The number of carbonyl (C=O) groups is 3. The molecule has 3 fully saturated rings. The summed E-state index contributed by atoms with van der Waals surface area (Å²) >= 11 is 0. The third kappa shape index (κ3) is 4.26. The van der Waals surface area contributed by atoms with Gasteiger partial charge in [0.25, 0.3) is 5.91 Å². The summed E-state index contributed by atoms with van der Waals surface area (Å²) in [6.45, 7) is 5.79. The minimum Gasteiger partial charge on any atom is -0.497 e. The molecule has 1 atom stereocenters. The fraction of sp³-hybridized carbons (Fsp3) is 0.609. The number of urea groups is 1. The van der Waals surface area contributed by atoms with Crippen molar-refractivity contribution in [2.45, 2.75) is 50.6 Å². The second kappa shape index (κ2) is 8.86. The standard InChI is InChI=1S/C23H32N4O4/c1-3-11-25-13-9-23(10-14-25)21(29)27(22(30)24-23)18-8-12-26(16-18)20(28)15-17-4-6-19(31-2)7-5-17/h4-7,18H,3,8-16H2,1-2H3,(H,24,30). The highest BCUT2D eigenvalue weighted by Gasteiger charge is 2.54. The average molecular weight is 429 g/mol.